The smallest absolute Gasteiger partial charge is 0.194 e. The molecule has 20 heavy (non-hydrogen) atoms. The van der Waals surface area contributed by atoms with Crippen LogP contribution < -0.4 is 5.32 Å². The van der Waals surface area contributed by atoms with Gasteiger partial charge in [-0.1, -0.05) is 18.2 Å². The zero-order valence-electron chi connectivity index (χ0n) is 11.6. The third-order valence-corrected chi connectivity index (χ3v) is 4.24. The van der Waals surface area contributed by atoms with Crippen LogP contribution in [0.15, 0.2) is 30.5 Å². The largest absolute Gasteiger partial charge is 0.508 e. The topological polar surface area (TPSA) is 49.6 Å². The maximum Gasteiger partial charge on any atom is 0.194 e. The molecule has 2 heterocycles. The van der Waals surface area contributed by atoms with Crippen LogP contribution in [0, 0.1) is 13.8 Å². The standard InChI is InChI=1S/C15H17N3OS/c1-10-9-18-13(11(2)17-15(18)20-10)8-16-7-12-5-3-4-6-14(12)19/h3-6,9,16,19H,7-8H2,1-2H3. The SMILES string of the molecule is Cc1cn2c(CNCc3ccccc3O)c(C)nc2s1. The summed E-state index contributed by atoms with van der Waals surface area (Å²) in [7, 11) is 0. The predicted molar refractivity (Wildman–Crippen MR) is 81.2 cm³/mol. The van der Waals surface area contributed by atoms with Gasteiger partial charge in [0.2, 0.25) is 0 Å². The molecule has 0 radical (unpaired) electrons. The van der Waals surface area contributed by atoms with Crippen molar-refractivity contribution in [3.63, 3.8) is 0 Å². The van der Waals surface area contributed by atoms with Crippen molar-refractivity contribution < 1.29 is 5.11 Å². The van der Waals surface area contributed by atoms with E-state index in [9.17, 15) is 5.11 Å². The highest BCUT2D eigenvalue weighted by molar-refractivity contribution is 7.17. The Kier molecular flexibility index (Phi) is 3.46. The van der Waals surface area contributed by atoms with E-state index in [2.05, 4.69) is 27.8 Å². The number of nitrogens with one attached hydrogen (secondary N) is 1. The summed E-state index contributed by atoms with van der Waals surface area (Å²) in [6.07, 6.45) is 2.12. The molecule has 0 saturated carbocycles. The molecule has 2 N–H and O–H groups in total. The normalized spacial score (nSPS) is 11.3. The fraction of sp³-hybridized carbons (Fsp3) is 0.267. The number of hydrogen-bond acceptors (Lipinski definition) is 4. The van der Waals surface area contributed by atoms with Crippen molar-refractivity contribution in [1.82, 2.24) is 14.7 Å². The van der Waals surface area contributed by atoms with Gasteiger partial charge in [0.05, 0.1) is 11.4 Å². The van der Waals surface area contributed by atoms with Crippen molar-refractivity contribution >= 4 is 16.3 Å². The number of imidazole rings is 1. The number of phenols is 1. The molecule has 5 heteroatoms. The number of para-hydroxylation sites is 1. The number of rotatable bonds is 4. The summed E-state index contributed by atoms with van der Waals surface area (Å²) in [5.74, 6) is 0.335. The van der Waals surface area contributed by atoms with Gasteiger partial charge in [-0.3, -0.25) is 4.40 Å². The molecule has 0 saturated heterocycles. The van der Waals surface area contributed by atoms with Crippen LogP contribution in [0.25, 0.3) is 4.96 Å². The first-order valence-electron chi connectivity index (χ1n) is 6.56. The van der Waals surface area contributed by atoms with E-state index in [-0.39, 0.29) is 0 Å². The maximum atomic E-state index is 9.74. The second-order valence-electron chi connectivity index (χ2n) is 4.87. The van der Waals surface area contributed by atoms with Gasteiger partial charge in [-0.15, -0.1) is 11.3 Å². The Morgan fingerprint density at radius 2 is 2.05 bits per heavy atom. The van der Waals surface area contributed by atoms with Crippen molar-refractivity contribution in [3.05, 3.63) is 52.3 Å². The minimum absolute atomic E-state index is 0.335. The third kappa shape index (κ3) is 2.42. The number of aromatic nitrogens is 2. The third-order valence-electron chi connectivity index (χ3n) is 3.34. The van der Waals surface area contributed by atoms with Gasteiger partial charge in [0, 0.05) is 29.7 Å². The molecule has 3 aromatic rings. The molecule has 3 rings (SSSR count). The Morgan fingerprint density at radius 3 is 2.85 bits per heavy atom. The van der Waals surface area contributed by atoms with E-state index in [4.69, 9.17) is 0 Å². The molecular weight excluding hydrogens is 270 g/mol. The zero-order chi connectivity index (χ0) is 14.1. The number of benzene rings is 1. The number of aryl methyl sites for hydroxylation is 2. The van der Waals surface area contributed by atoms with Crippen molar-refractivity contribution in [2.75, 3.05) is 0 Å². The quantitative estimate of drug-likeness (QED) is 0.775. The lowest BCUT2D eigenvalue weighted by Crippen LogP contribution is -2.14. The van der Waals surface area contributed by atoms with Crippen LogP contribution in [-0.4, -0.2) is 14.5 Å². The molecule has 1 aromatic carbocycles. The highest BCUT2D eigenvalue weighted by Crippen LogP contribution is 2.21. The molecule has 0 unspecified atom stereocenters. The van der Waals surface area contributed by atoms with Gasteiger partial charge in [0.25, 0.3) is 0 Å². The number of nitrogens with zero attached hydrogens (tertiary/aromatic N) is 2. The molecule has 2 aromatic heterocycles. The maximum absolute atomic E-state index is 9.74. The average molecular weight is 287 g/mol. The first-order chi connectivity index (χ1) is 9.65. The number of phenolic OH excluding ortho intramolecular Hbond substituents is 1. The molecule has 0 fully saturated rings. The fourth-order valence-electron chi connectivity index (χ4n) is 2.30. The van der Waals surface area contributed by atoms with Crippen LogP contribution in [0.5, 0.6) is 5.75 Å². The summed E-state index contributed by atoms with van der Waals surface area (Å²) in [5.41, 5.74) is 3.15. The lowest BCUT2D eigenvalue weighted by molar-refractivity contribution is 0.464. The Morgan fingerprint density at radius 1 is 1.25 bits per heavy atom. The van der Waals surface area contributed by atoms with Crippen molar-refractivity contribution in [2.24, 2.45) is 0 Å². The van der Waals surface area contributed by atoms with Gasteiger partial charge in [-0.05, 0) is 19.9 Å². The molecule has 0 spiro atoms. The minimum atomic E-state index is 0.335. The van der Waals surface area contributed by atoms with Crippen molar-refractivity contribution in [1.29, 1.82) is 0 Å². The Hall–Kier alpha value is -1.85. The van der Waals surface area contributed by atoms with Crippen LogP contribution in [0.2, 0.25) is 0 Å². The van der Waals surface area contributed by atoms with Crippen LogP contribution in [0.1, 0.15) is 21.8 Å². The predicted octanol–water partition coefficient (Wildman–Crippen LogP) is 3.01. The number of fused-ring (bicyclic) bond motifs is 1. The fourth-order valence-corrected chi connectivity index (χ4v) is 3.19. The summed E-state index contributed by atoms with van der Waals surface area (Å²) >= 11 is 1.70. The Balaban J connectivity index is 1.74. The molecule has 0 atom stereocenters. The second-order valence-corrected chi connectivity index (χ2v) is 6.08. The molecule has 104 valence electrons. The highest BCUT2D eigenvalue weighted by atomic mass is 32.1. The van der Waals surface area contributed by atoms with E-state index < -0.39 is 0 Å². The Bertz CT molecular complexity index is 745. The number of hydrogen-bond donors (Lipinski definition) is 2. The van der Waals surface area contributed by atoms with Crippen LogP contribution in [-0.2, 0) is 13.1 Å². The van der Waals surface area contributed by atoms with Gasteiger partial charge in [-0.25, -0.2) is 4.98 Å². The monoisotopic (exact) mass is 287 g/mol. The van der Waals surface area contributed by atoms with E-state index in [1.807, 2.05) is 25.1 Å². The first-order valence-corrected chi connectivity index (χ1v) is 7.38. The lowest BCUT2D eigenvalue weighted by atomic mass is 10.2. The number of aromatic hydroxyl groups is 1. The first kappa shape index (κ1) is 13.1. The van der Waals surface area contributed by atoms with E-state index in [1.54, 1.807) is 17.4 Å². The second kappa shape index (κ2) is 5.26. The van der Waals surface area contributed by atoms with Crippen molar-refractivity contribution in [2.45, 2.75) is 26.9 Å². The summed E-state index contributed by atoms with van der Waals surface area (Å²) in [6, 6.07) is 7.40. The van der Waals surface area contributed by atoms with E-state index in [0.717, 1.165) is 22.8 Å². The van der Waals surface area contributed by atoms with Gasteiger partial charge in [-0.2, -0.15) is 0 Å². The van der Waals surface area contributed by atoms with Gasteiger partial charge >= 0.3 is 0 Å². The summed E-state index contributed by atoms with van der Waals surface area (Å²) in [5, 5.41) is 13.1. The van der Waals surface area contributed by atoms with Gasteiger partial charge in [0.15, 0.2) is 4.96 Å². The summed E-state index contributed by atoms with van der Waals surface area (Å²) in [4.78, 5) is 6.87. The van der Waals surface area contributed by atoms with Gasteiger partial charge < -0.3 is 10.4 Å². The van der Waals surface area contributed by atoms with Crippen LogP contribution in [0.4, 0.5) is 0 Å². The summed E-state index contributed by atoms with van der Waals surface area (Å²) in [6.45, 7) is 5.50. The molecule has 0 aliphatic rings. The Labute approximate surface area is 121 Å². The van der Waals surface area contributed by atoms with E-state index >= 15 is 0 Å². The van der Waals surface area contributed by atoms with E-state index in [0.29, 0.717) is 12.3 Å². The van der Waals surface area contributed by atoms with Gasteiger partial charge in [0.1, 0.15) is 5.75 Å². The van der Waals surface area contributed by atoms with Crippen LogP contribution >= 0.6 is 11.3 Å². The molecule has 4 nitrogen and oxygen atoms in total. The zero-order valence-corrected chi connectivity index (χ0v) is 12.4. The average Bonchev–Trinajstić information content (AvgIpc) is 2.89. The minimum Gasteiger partial charge on any atom is -0.508 e. The molecular formula is C15H17N3OS. The molecule has 0 aliphatic carbocycles. The molecule has 0 bridgehead atoms. The van der Waals surface area contributed by atoms with E-state index in [1.165, 1.54) is 10.6 Å². The molecule has 0 amide bonds. The lowest BCUT2D eigenvalue weighted by Gasteiger charge is -2.07. The van der Waals surface area contributed by atoms with Crippen LogP contribution in [0.3, 0.4) is 0 Å². The van der Waals surface area contributed by atoms with Crippen molar-refractivity contribution in [3.8, 4) is 5.75 Å². The molecule has 0 aliphatic heterocycles. The highest BCUT2D eigenvalue weighted by Gasteiger charge is 2.10. The summed E-state index contributed by atoms with van der Waals surface area (Å²) < 4.78 is 2.15. The number of thiazole rings is 1.